The van der Waals surface area contributed by atoms with E-state index in [9.17, 15) is 9.36 Å². The summed E-state index contributed by atoms with van der Waals surface area (Å²) in [6, 6.07) is 0. The van der Waals surface area contributed by atoms with Gasteiger partial charge in [0.15, 0.2) is 8.32 Å². The van der Waals surface area contributed by atoms with E-state index in [1.807, 2.05) is 6.92 Å². The van der Waals surface area contributed by atoms with Gasteiger partial charge in [0.25, 0.3) is 0 Å². The van der Waals surface area contributed by atoms with Crippen LogP contribution in [0.3, 0.4) is 0 Å². The SMILES string of the molecule is CCOC(=O)/C(=C/CP(=O)(OCC)OCC)C[C@H](C)CO[Si](C)(C)C(C)(C)C. The molecule has 0 rings (SSSR count). The van der Waals surface area contributed by atoms with Crippen LogP contribution in [0.5, 0.6) is 0 Å². The Morgan fingerprint density at radius 1 is 1.07 bits per heavy atom. The van der Waals surface area contributed by atoms with Crippen LogP contribution in [0.4, 0.5) is 0 Å². The second-order valence-electron chi connectivity index (χ2n) is 8.46. The average molecular weight is 437 g/mol. The van der Waals surface area contributed by atoms with E-state index in [0.717, 1.165) is 0 Å². The predicted octanol–water partition coefficient (Wildman–Crippen LogP) is 5.79. The lowest BCUT2D eigenvalue weighted by atomic mass is 10.0. The zero-order valence-electron chi connectivity index (χ0n) is 19.3. The number of ether oxygens (including phenoxy) is 1. The summed E-state index contributed by atoms with van der Waals surface area (Å²) in [6.45, 7) is 19.8. The van der Waals surface area contributed by atoms with E-state index in [-0.39, 0.29) is 36.3 Å². The summed E-state index contributed by atoms with van der Waals surface area (Å²) in [6.07, 6.45) is 2.19. The maximum absolute atomic E-state index is 12.7. The Bertz CT molecular complexity index is 543. The molecule has 0 fully saturated rings. The number of allylic oxidation sites excluding steroid dienone is 1. The number of hydrogen-bond acceptors (Lipinski definition) is 6. The molecule has 0 aliphatic heterocycles. The van der Waals surface area contributed by atoms with E-state index in [4.69, 9.17) is 18.2 Å². The predicted molar refractivity (Wildman–Crippen MR) is 117 cm³/mol. The molecule has 0 radical (unpaired) electrons. The molecule has 0 aliphatic rings. The van der Waals surface area contributed by atoms with Crippen molar-refractivity contribution < 1.29 is 27.6 Å². The van der Waals surface area contributed by atoms with Crippen LogP contribution in [-0.4, -0.2) is 46.9 Å². The zero-order chi connectivity index (χ0) is 22.0. The van der Waals surface area contributed by atoms with Gasteiger partial charge in [-0.3, -0.25) is 4.57 Å². The van der Waals surface area contributed by atoms with Crippen LogP contribution in [0.2, 0.25) is 18.1 Å². The Morgan fingerprint density at radius 2 is 1.61 bits per heavy atom. The first-order chi connectivity index (χ1) is 12.8. The Morgan fingerprint density at radius 3 is 2.04 bits per heavy atom. The van der Waals surface area contributed by atoms with Gasteiger partial charge in [0.2, 0.25) is 0 Å². The van der Waals surface area contributed by atoms with E-state index in [2.05, 4.69) is 33.9 Å². The summed E-state index contributed by atoms with van der Waals surface area (Å²) >= 11 is 0. The first kappa shape index (κ1) is 27.5. The monoisotopic (exact) mass is 436 g/mol. The van der Waals surface area contributed by atoms with E-state index in [1.54, 1.807) is 26.8 Å². The van der Waals surface area contributed by atoms with Crippen molar-refractivity contribution in [1.29, 1.82) is 0 Å². The van der Waals surface area contributed by atoms with Crippen molar-refractivity contribution in [2.75, 3.05) is 32.6 Å². The molecule has 0 aromatic heterocycles. The van der Waals surface area contributed by atoms with Gasteiger partial charge in [0.05, 0.1) is 26.0 Å². The van der Waals surface area contributed by atoms with Gasteiger partial charge in [-0.05, 0) is 51.2 Å². The maximum Gasteiger partial charge on any atom is 0.334 e. The third kappa shape index (κ3) is 9.84. The van der Waals surface area contributed by atoms with Crippen molar-refractivity contribution in [3.05, 3.63) is 11.6 Å². The summed E-state index contributed by atoms with van der Waals surface area (Å²) in [5.41, 5.74) is 0.493. The molecule has 0 heterocycles. The molecule has 0 saturated heterocycles. The molecule has 0 saturated carbocycles. The first-order valence-corrected chi connectivity index (χ1v) is 14.8. The summed E-state index contributed by atoms with van der Waals surface area (Å²) in [7, 11) is -5.10. The third-order valence-corrected chi connectivity index (χ3v) is 11.3. The molecule has 0 N–H and O–H groups in total. The summed E-state index contributed by atoms with van der Waals surface area (Å²) in [5, 5.41) is 0.133. The van der Waals surface area contributed by atoms with Crippen molar-refractivity contribution in [3.8, 4) is 0 Å². The van der Waals surface area contributed by atoms with E-state index >= 15 is 0 Å². The van der Waals surface area contributed by atoms with Crippen LogP contribution in [0.1, 0.15) is 54.9 Å². The van der Waals surface area contributed by atoms with Crippen molar-refractivity contribution >= 4 is 21.9 Å². The lowest BCUT2D eigenvalue weighted by Gasteiger charge is -2.37. The molecule has 0 bridgehead atoms. The van der Waals surface area contributed by atoms with Gasteiger partial charge < -0.3 is 18.2 Å². The minimum absolute atomic E-state index is 0.0542. The Hall–Kier alpha value is -0.463. The fraction of sp³-hybridized carbons (Fsp3) is 0.850. The first-order valence-electron chi connectivity index (χ1n) is 10.2. The van der Waals surface area contributed by atoms with Crippen LogP contribution < -0.4 is 0 Å². The number of carbonyl (C=O) groups is 1. The molecule has 0 aromatic carbocycles. The minimum Gasteiger partial charge on any atom is -0.463 e. The normalized spacial score (nSPS) is 14.8. The third-order valence-electron chi connectivity index (χ3n) is 4.85. The number of carbonyl (C=O) groups excluding carboxylic acids is 1. The van der Waals surface area contributed by atoms with Crippen LogP contribution in [0.25, 0.3) is 0 Å². The molecular formula is C20H41O6PSi. The highest BCUT2D eigenvalue weighted by Crippen LogP contribution is 2.48. The smallest absolute Gasteiger partial charge is 0.334 e. The van der Waals surface area contributed by atoms with Crippen molar-refractivity contribution in [3.63, 3.8) is 0 Å². The van der Waals surface area contributed by atoms with Crippen LogP contribution in [0.15, 0.2) is 11.6 Å². The molecule has 28 heavy (non-hydrogen) atoms. The molecule has 0 aromatic rings. The zero-order valence-corrected chi connectivity index (χ0v) is 21.2. The second kappa shape index (κ2) is 12.3. The molecule has 0 unspecified atom stereocenters. The molecule has 1 atom stereocenters. The van der Waals surface area contributed by atoms with Crippen LogP contribution in [0, 0.1) is 5.92 Å². The van der Waals surface area contributed by atoms with Crippen molar-refractivity contribution in [2.24, 2.45) is 5.92 Å². The highest BCUT2D eigenvalue weighted by atomic mass is 31.2. The fourth-order valence-electron chi connectivity index (χ4n) is 2.23. The molecular weight excluding hydrogens is 395 g/mol. The number of rotatable bonds is 13. The van der Waals surface area contributed by atoms with Crippen molar-refractivity contribution in [2.45, 2.75) is 73.0 Å². The summed E-state index contributed by atoms with van der Waals surface area (Å²) in [5.74, 6) is -0.260. The van der Waals surface area contributed by atoms with Crippen molar-refractivity contribution in [1.82, 2.24) is 0 Å². The van der Waals surface area contributed by atoms with Gasteiger partial charge in [0.1, 0.15) is 0 Å². The number of hydrogen-bond donors (Lipinski definition) is 0. The lowest BCUT2D eigenvalue weighted by molar-refractivity contribution is -0.138. The molecule has 0 spiro atoms. The molecule has 166 valence electrons. The van der Waals surface area contributed by atoms with Gasteiger partial charge >= 0.3 is 13.6 Å². The number of esters is 1. The highest BCUT2D eigenvalue weighted by molar-refractivity contribution is 7.54. The summed E-state index contributed by atoms with van der Waals surface area (Å²) in [4.78, 5) is 12.4. The van der Waals surface area contributed by atoms with Crippen LogP contribution in [-0.2, 0) is 27.6 Å². The molecule has 8 heteroatoms. The molecule has 0 aliphatic carbocycles. The molecule has 0 amide bonds. The van der Waals surface area contributed by atoms with Gasteiger partial charge in [-0.25, -0.2) is 4.79 Å². The molecule has 6 nitrogen and oxygen atoms in total. The van der Waals surface area contributed by atoms with Gasteiger partial charge in [-0.1, -0.05) is 33.8 Å². The van der Waals surface area contributed by atoms with E-state index in [1.165, 1.54) is 0 Å². The standard InChI is InChI=1S/C20H41O6PSi/c1-10-23-19(21)18(13-14-27(22,24-11-2)25-12-3)15-17(4)16-26-28(8,9)20(5,6)7/h13,17H,10-12,14-16H2,1-9H3/b18-13+/t17-/m0/s1. The lowest BCUT2D eigenvalue weighted by Crippen LogP contribution is -2.41. The van der Waals surface area contributed by atoms with Gasteiger partial charge in [-0.15, -0.1) is 0 Å². The largest absolute Gasteiger partial charge is 0.463 e. The Kier molecular flexibility index (Phi) is 12.1. The minimum atomic E-state index is -3.25. The van der Waals surface area contributed by atoms with Gasteiger partial charge in [0, 0.05) is 12.2 Å². The summed E-state index contributed by atoms with van der Waals surface area (Å²) < 4.78 is 34.8. The fourth-order valence-corrected chi connectivity index (χ4v) is 4.88. The Balaban J connectivity index is 5.21. The Labute approximate surface area is 173 Å². The van der Waals surface area contributed by atoms with E-state index in [0.29, 0.717) is 25.2 Å². The maximum atomic E-state index is 12.7. The average Bonchev–Trinajstić information content (AvgIpc) is 2.56. The van der Waals surface area contributed by atoms with E-state index < -0.39 is 15.9 Å². The quantitative estimate of drug-likeness (QED) is 0.157. The van der Waals surface area contributed by atoms with Gasteiger partial charge in [-0.2, -0.15) is 0 Å². The highest BCUT2D eigenvalue weighted by Gasteiger charge is 2.37. The second-order valence-corrected chi connectivity index (χ2v) is 15.4. The van der Waals surface area contributed by atoms with Crippen LogP contribution >= 0.6 is 7.60 Å². The topological polar surface area (TPSA) is 71.1 Å².